The first-order valence-electron chi connectivity index (χ1n) is 5.41. The van der Waals surface area contributed by atoms with Crippen LogP contribution in [0.5, 0.6) is 5.75 Å². The molecule has 4 heteroatoms. The van der Waals surface area contributed by atoms with Crippen LogP contribution >= 0.6 is 0 Å². The highest BCUT2D eigenvalue weighted by atomic mass is 16.5. The summed E-state index contributed by atoms with van der Waals surface area (Å²) in [6, 6.07) is 5.32. The Balaban J connectivity index is 2.29. The second-order valence-electron chi connectivity index (χ2n) is 3.98. The molecule has 2 rings (SSSR count). The summed E-state index contributed by atoms with van der Waals surface area (Å²) in [5.74, 6) is 0.729. The van der Waals surface area contributed by atoms with Crippen LogP contribution in [0.2, 0.25) is 0 Å². The van der Waals surface area contributed by atoms with Crippen molar-refractivity contribution in [3.63, 3.8) is 0 Å². The number of hydrogen-bond acceptors (Lipinski definition) is 4. The predicted molar refractivity (Wildman–Crippen MR) is 62.7 cm³/mol. The molecule has 1 unspecified atom stereocenters. The van der Waals surface area contributed by atoms with E-state index >= 15 is 0 Å². The molecule has 0 radical (unpaired) electrons. The first-order valence-corrected chi connectivity index (χ1v) is 5.41. The molecular weight excluding hydrogens is 204 g/mol. The zero-order chi connectivity index (χ0) is 11.5. The summed E-state index contributed by atoms with van der Waals surface area (Å²) in [6.45, 7) is 1.65. The molecule has 4 nitrogen and oxygen atoms in total. The summed E-state index contributed by atoms with van der Waals surface area (Å²) in [6.07, 6.45) is 0.884. The molecule has 86 valence electrons. The average Bonchev–Trinajstić information content (AvgIpc) is 2.82. The minimum absolute atomic E-state index is 0.0504. The number of carbonyl (C=O) groups is 1. The SMILES string of the molecule is COc1cccc(C(=O)C2CCNC2)c1N. The summed E-state index contributed by atoms with van der Waals surface area (Å²) < 4.78 is 5.11. The molecule has 1 fully saturated rings. The van der Waals surface area contributed by atoms with Crippen LogP contribution in [0.4, 0.5) is 5.69 Å². The lowest BCUT2D eigenvalue weighted by Crippen LogP contribution is -2.19. The van der Waals surface area contributed by atoms with E-state index in [1.807, 2.05) is 0 Å². The molecule has 0 aromatic heterocycles. The van der Waals surface area contributed by atoms with Crippen molar-refractivity contribution in [2.75, 3.05) is 25.9 Å². The van der Waals surface area contributed by atoms with Crippen molar-refractivity contribution in [1.29, 1.82) is 0 Å². The number of hydrogen-bond donors (Lipinski definition) is 2. The second kappa shape index (κ2) is 4.53. The van der Waals surface area contributed by atoms with Gasteiger partial charge in [-0.1, -0.05) is 6.07 Å². The van der Waals surface area contributed by atoms with Crippen LogP contribution in [-0.4, -0.2) is 26.0 Å². The monoisotopic (exact) mass is 220 g/mol. The Morgan fingerprint density at radius 1 is 1.56 bits per heavy atom. The smallest absolute Gasteiger partial charge is 0.169 e. The van der Waals surface area contributed by atoms with Gasteiger partial charge in [-0.15, -0.1) is 0 Å². The topological polar surface area (TPSA) is 64.3 Å². The molecule has 0 amide bonds. The van der Waals surface area contributed by atoms with E-state index in [2.05, 4.69) is 5.32 Å². The third-order valence-corrected chi connectivity index (χ3v) is 2.98. The Morgan fingerprint density at radius 2 is 2.38 bits per heavy atom. The highest BCUT2D eigenvalue weighted by Crippen LogP contribution is 2.27. The van der Waals surface area contributed by atoms with Gasteiger partial charge in [-0.2, -0.15) is 0 Å². The number of nitrogen functional groups attached to an aromatic ring is 1. The van der Waals surface area contributed by atoms with Crippen LogP contribution in [-0.2, 0) is 0 Å². The van der Waals surface area contributed by atoms with Gasteiger partial charge in [0.15, 0.2) is 5.78 Å². The summed E-state index contributed by atoms with van der Waals surface area (Å²) in [5.41, 5.74) is 6.92. The molecule has 1 heterocycles. The molecule has 3 N–H and O–H groups in total. The molecule has 1 aliphatic heterocycles. The Morgan fingerprint density at radius 3 is 3.00 bits per heavy atom. The van der Waals surface area contributed by atoms with Gasteiger partial charge < -0.3 is 15.8 Å². The zero-order valence-electron chi connectivity index (χ0n) is 9.32. The molecule has 1 saturated heterocycles. The number of rotatable bonds is 3. The number of nitrogens with two attached hydrogens (primary N) is 1. The zero-order valence-corrected chi connectivity index (χ0v) is 9.32. The summed E-state index contributed by atoms with van der Waals surface area (Å²) in [4.78, 5) is 12.2. The molecule has 0 aliphatic carbocycles. The van der Waals surface area contributed by atoms with Gasteiger partial charge in [0.25, 0.3) is 0 Å². The fourth-order valence-corrected chi connectivity index (χ4v) is 2.04. The Bertz CT molecular complexity index is 398. The number of nitrogens with one attached hydrogen (secondary N) is 1. The maximum atomic E-state index is 12.2. The van der Waals surface area contributed by atoms with Crippen molar-refractivity contribution >= 4 is 11.5 Å². The van der Waals surface area contributed by atoms with Crippen LogP contribution in [0, 0.1) is 5.92 Å². The van der Waals surface area contributed by atoms with Gasteiger partial charge in [-0.05, 0) is 25.1 Å². The first-order chi connectivity index (χ1) is 7.74. The number of benzene rings is 1. The maximum absolute atomic E-state index is 12.2. The van der Waals surface area contributed by atoms with Crippen molar-refractivity contribution in [2.45, 2.75) is 6.42 Å². The van der Waals surface area contributed by atoms with Crippen LogP contribution in [0.25, 0.3) is 0 Å². The quantitative estimate of drug-likeness (QED) is 0.590. The van der Waals surface area contributed by atoms with Crippen LogP contribution in [0.15, 0.2) is 18.2 Å². The van der Waals surface area contributed by atoms with Crippen LogP contribution < -0.4 is 15.8 Å². The maximum Gasteiger partial charge on any atom is 0.169 e. The van der Waals surface area contributed by atoms with E-state index in [1.165, 1.54) is 0 Å². The van der Waals surface area contributed by atoms with Crippen LogP contribution in [0.1, 0.15) is 16.8 Å². The van der Waals surface area contributed by atoms with E-state index in [0.29, 0.717) is 17.0 Å². The predicted octanol–water partition coefficient (Wildman–Crippen LogP) is 1.07. The molecule has 0 saturated carbocycles. The van der Waals surface area contributed by atoms with E-state index in [0.717, 1.165) is 19.5 Å². The summed E-state index contributed by atoms with van der Waals surface area (Å²) >= 11 is 0. The number of carbonyl (C=O) groups excluding carboxylic acids is 1. The normalized spacial score (nSPS) is 19.7. The number of ether oxygens (including phenoxy) is 1. The minimum atomic E-state index is 0.0504. The standard InChI is InChI=1S/C12H16N2O2/c1-16-10-4-2-3-9(11(10)13)12(15)8-5-6-14-7-8/h2-4,8,14H,5-7,13H2,1H3. The van der Waals surface area contributed by atoms with Gasteiger partial charge in [0, 0.05) is 18.0 Å². The van der Waals surface area contributed by atoms with E-state index in [1.54, 1.807) is 25.3 Å². The van der Waals surface area contributed by atoms with E-state index in [4.69, 9.17) is 10.5 Å². The number of para-hydroxylation sites is 1. The largest absolute Gasteiger partial charge is 0.495 e. The number of methoxy groups -OCH3 is 1. The van der Waals surface area contributed by atoms with Crippen molar-refractivity contribution in [1.82, 2.24) is 5.32 Å². The van der Waals surface area contributed by atoms with Gasteiger partial charge in [-0.3, -0.25) is 4.79 Å². The Labute approximate surface area is 94.8 Å². The van der Waals surface area contributed by atoms with Gasteiger partial charge in [0.05, 0.1) is 12.8 Å². The van der Waals surface area contributed by atoms with Gasteiger partial charge >= 0.3 is 0 Å². The van der Waals surface area contributed by atoms with Gasteiger partial charge in [0.1, 0.15) is 5.75 Å². The van der Waals surface area contributed by atoms with Crippen molar-refractivity contribution in [2.24, 2.45) is 5.92 Å². The number of Topliss-reactive ketones (excluding diaryl/α,β-unsaturated/α-hetero) is 1. The highest BCUT2D eigenvalue weighted by Gasteiger charge is 2.25. The van der Waals surface area contributed by atoms with Gasteiger partial charge in [-0.25, -0.2) is 0 Å². The Hall–Kier alpha value is -1.55. The fourth-order valence-electron chi connectivity index (χ4n) is 2.04. The fraction of sp³-hybridized carbons (Fsp3) is 0.417. The molecule has 16 heavy (non-hydrogen) atoms. The van der Waals surface area contributed by atoms with Crippen LogP contribution in [0.3, 0.4) is 0 Å². The molecule has 1 aliphatic rings. The van der Waals surface area contributed by atoms with E-state index in [-0.39, 0.29) is 11.7 Å². The van der Waals surface area contributed by atoms with Crippen molar-refractivity contribution < 1.29 is 9.53 Å². The third kappa shape index (κ3) is 1.88. The van der Waals surface area contributed by atoms with Gasteiger partial charge in [0.2, 0.25) is 0 Å². The second-order valence-corrected chi connectivity index (χ2v) is 3.98. The lowest BCUT2D eigenvalue weighted by molar-refractivity contribution is 0.0931. The molecule has 1 aromatic rings. The molecule has 0 spiro atoms. The highest BCUT2D eigenvalue weighted by molar-refractivity contribution is 6.03. The average molecular weight is 220 g/mol. The minimum Gasteiger partial charge on any atom is -0.495 e. The summed E-state index contributed by atoms with van der Waals surface area (Å²) in [5, 5.41) is 3.18. The third-order valence-electron chi connectivity index (χ3n) is 2.98. The van der Waals surface area contributed by atoms with E-state index in [9.17, 15) is 4.79 Å². The molecule has 1 atom stereocenters. The molecular formula is C12H16N2O2. The molecule has 1 aromatic carbocycles. The Kier molecular flexibility index (Phi) is 3.10. The number of ketones is 1. The van der Waals surface area contributed by atoms with Crippen molar-refractivity contribution in [3.05, 3.63) is 23.8 Å². The summed E-state index contributed by atoms with van der Waals surface area (Å²) in [7, 11) is 1.55. The lowest BCUT2D eigenvalue weighted by atomic mass is 9.95. The molecule has 0 bridgehead atoms. The van der Waals surface area contributed by atoms with Crippen molar-refractivity contribution in [3.8, 4) is 5.75 Å². The first kappa shape index (κ1) is 11.0. The number of anilines is 1. The van der Waals surface area contributed by atoms with E-state index < -0.39 is 0 Å². The lowest BCUT2D eigenvalue weighted by Gasteiger charge is -2.12.